The zero-order valence-corrected chi connectivity index (χ0v) is 23.5. The number of nitrogens with zero attached hydrogens (tertiary/aromatic N) is 5. The van der Waals surface area contributed by atoms with Gasteiger partial charge < -0.3 is 19.9 Å². The summed E-state index contributed by atoms with van der Waals surface area (Å²) in [5.74, 6) is 0.849. The van der Waals surface area contributed by atoms with Gasteiger partial charge in [0.25, 0.3) is 5.91 Å². The molecule has 2 aromatic carbocycles. The van der Waals surface area contributed by atoms with Crippen LogP contribution in [0.15, 0.2) is 96.4 Å². The highest BCUT2D eigenvalue weighted by atomic mass is 79.9. The summed E-state index contributed by atoms with van der Waals surface area (Å²) in [6.07, 6.45) is 12.6. The monoisotopic (exact) mass is 597 g/mol. The van der Waals surface area contributed by atoms with Crippen LogP contribution in [-0.2, 0) is 6.54 Å². The third-order valence-corrected chi connectivity index (χ3v) is 6.58. The van der Waals surface area contributed by atoms with Crippen molar-refractivity contribution in [3.05, 3.63) is 108 Å². The molecule has 9 nitrogen and oxygen atoms in total. The molecule has 0 radical (unpaired) electrons. The number of pyridine rings is 1. The minimum atomic E-state index is -0.240. The van der Waals surface area contributed by atoms with Crippen molar-refractivity contribution in [2.24, 2.45) is 0 Å². The van der Waals surface area contributed by atoms with Crippen molar-refractivity contribution in [1.29, 1.82) is 0 Å². The Morgan fingerprint density at radius 3 is 2.77 bits per heavy atom. The predicted molar refractivity (Wildman–Crippen MR) is 159 cm³/mol. The lowest BCUT2D eigenvalue weighted by molar-refractivity contribution is 0.102. The van der Waals surface area contributed by atoms with Gasteiger partial charge in [0, 0.05) is 64.5 Å². The minimum absolute atomic E-state index is 0.240. The summed E-state index contributed by atoms with van der Waals surface area (Å²) in [4.78, 5) is 30.3. The second kappa shape index (κ2) is 13.0. The average Bonchev–Trinajstić information content (AvgIpc) is 3.49. The Kier molecular flexibility index (Phi) is 8.77. The summed E-state index contributed by atoms with van der Waals surface area (Å²) in [7, 11) is 0. The molecule has 0 aliphatic carbocycles. The summed E-state index contributed by atoms with van der Waals surface area (Å²) in [6, 6.07) is 16.7. The van der Waals surface area contributed by atoms with Gasteiger partial charge in [-0.25, -0.2) is 15.0 Å². The number of imidazole rings is 1. The first kappa shape index (κ1) is 27.0. The topological polar surface area (TPSA) is 107 Å². The lowest BCUT2D eigenvalue weighted by atomic mass is 10.1. The fraction of sp³-hybridized carbons (Fsp3) is 0.167. The molecule has 0 atom stereocenters. The molecule has 1 amide bonds. The van der Waals surface area contributed by atoms with Crippen molar-refractivity contribution in [1.82, 2.24) is 24.5 Å². The van der Waals surface area contributed by atoms with Crippen LogP contribution >= 0.6 is 15.9 Å². The van der Waals surface area contributed by atoms with E-state index >= 15 is 0 Å². The Labute approximate surface area is 240 Å². The van der Waals surface area contributed by atoms with Gasteiger partial charge in [0.05, 0.1) is 18.6 Å². The number of carbonyl (C=O) groups is 1. The van der Waals surface area contributed by atoms with Gasteiger partial charge in [-0.1, -0.05) is 22.0 Å². The Morgan fingerprint density at radius 1 is 1.02 bits per heavy atom. The number of hydrogen-bond donors (Lipinski definition) is 2. The van der Waals surface area contributed by atoms with Crippen LogP contribution in [-0.4, -0.2) is 37.0 Å². The molecule has 10 heteroatoms. The quantitative estimate of drug-likeness (QED) is 0.164. The number of rotatable bonds is 11. The molecule has 5 rings (SSSR count). The van der Waals surface area contributed by atoms with E-state index in [1.165, 1.54) is 0 Å². The molecule has 0 saturated carbocycles. The van der Waals surface area contributed by atoms with E-state index in [9.17, 15) is 4.79 Å². The highest BCUT2D eigenvalue weighted by Gasteiger charge is 2.12. The third-order valence-electron chi connectivity index (χ3n) is 6.13. The molecule has 40 heavy (non-hydrogen) atoms. The van der Waals surface area contributed by atoms with Crippen LogP contribution in [0.4, 0.5) is 17.3 Å². The van der Waals surface area contributed by atoms with E-state index in [1.807, 2.05) is 66.5 Å². The summed E-state index contributed by atoms with van der Waals surface area (Å²) in [6.45, 7) is 3.43. The number of hydrogen-bond acceptors (Lipinski definition) is 7. The largest absolute Gasteiger partial charge is 0.494 e. The van der Waals surface area contributed by atoms with Crippen LogP contribution in [0, 0.1) is 6.92 Å². The molecule has 3 aromatic heterocycles. The number of amides is 1. The van der Waals surface area contributed by atoms with Crippen LogP contribution in [0.5, 0.6) is 5.75 Å². The lowest BCUT2D eigenvalue weighted by Gasteiger charge is -2.13. The van der Waals surface area contributed by atoms with Crippen molar-refractivity contribution in [3.8, 4) is 17.0 Å². The third kappa shape index (κ3) is 7.29. The Hall–Kier alpha value is -4.57. The summed E-state index contributed by atoms with van der Waals surface area (Å²) in [5, 5.41) is 6.25. The van der Waals surface area contributed by atoms with E-state index in [0.717, 1.165) is 46.4 Å². The van der Waals surface area contributed by atoms with Gasteiger partial charge in [-0.15, -0.1) is 0 Å². The van der Waals surface area contributed by atoms with E-state index in [1.54, 1.807) is 36.9 Å². The maximum atomic E-state index is 13.1. The molecule has 5 aromatic rings. The molecule has 0 aliphatic rings. The van der Waals surface area contributed by atoms with Gasteiger partial charge in [0.2, 0.25) is 5.95 Å². The second-order valence-electron chi connectivity index (χ2n) is 9.15. The first-order valence-electron chi connectivity index (χ1n) is 12.8. The molecule has 0 unspecified atom stereocenters. The fourth-order valence-electron chi connectivity index (χ4n) is 4.03. The lowest BCUT2D eigenvalue weighted by Crippen LogP contribution is -2.12. The van der Waals surface area contributed by atoms with Crippen LogP contribution < -0.4 is 15.4 Å². The molecule has 0 aliphatic heterocycles. The van der Waals surface area contributed by atoms with E-state index in [-0.39, 0.29) is 5.91 Å². The molecule has 0 saturated heterocycles. The first-order chi connectivity index (χ1) is 19.5. The zero-order valence-electron chi connectivity index (χ0n) is 21.9. The molecule has 202 valence electrons. The predicted octanol–water partition coefficient (Wildman–Crippen LogP) is 6.66. The minimum Gasteiger partial charge on any atom is -0.494 e. The fourth-order valence-corrected chi connectivity index (χ4v) is 4.51. The molecule has 3 heterocycles. The number of ether oxygens (including phenoxy) is 1. The molecule has 0 fully saturated rings. The van der Waals surface area contributed by atoms with Gasteiger partial charge >= 0.3 is 0 Å². The Balaban J connectivity index is 1.22. The van der Waals surface area contributed by atoms with E-state index in [2.05, 4.69) is 46.5 Å². The molecular formula is C30H28BrN7O2. The highest BCUT2D eigenvalue weighted by Crippen LogP contribution is 2.26. The van der Waals surface area contributed by atoms with Crippen LogP contribution in [0.25, 0.3) is 11.3 Å². The summed E-state index contributed by atoms with van der Waals surface area (Å²) >= 11 is 3.50. The van der Waals surface area contributed by atoms with Crippen molar-refractivity contribution in [3.63, 3.8) is 0 Å². The van der Waals surface area contributed by atoms with Crippen molar-refractivity contribution < 1.29 is 9.53 Å². The summed E-state index contributed by atoms with van der Waals surface area (Å²) < 4.78 is 8.74. The van der Waals surface area contributed by atoms with E-state index < -0.39 is 0 Å². The molecular weight excluding hydrogens is 570 g/mol. The van der Waals surface area contributed by atoms with Gasteiger partial charge in [0.15, 0.2) is 0 Å². The van der Waals surface area contributed by atoms with Crippen LogP contribution in [0.3, 0.4) is 0 Å². The van der Waals surface area contributed by atoms with Crippen molar-refractivity contribution in [2.75, 3.05) is 17.2 Å². The zero-order chi connectivity index (χ0) is 27.7. The van der Waals surface area contributed by atoms with Gasteiger partial charge in [0.1, 0.15) is 5.75 Å². The van der Waals surface area contributed by atoms with Crippen molar-refractivity contribution >= 4 is 39.2 Å². The number of anilines is 3. The number of aryl methyl sites for hydroxylation is 2. The molecule has 0 bridgehead atoms. The molecule has 0 spiro atoms. The summed E-state index contributed by atoms with van der Waals surface area (Å²) in [5.41, 5.74) is 4.57. The van der Waals surface area contributed by atoms with Gasteiger partial charge in [-0.05, 0) is 73.9 Å². The first-order valence-corrected chi connectivity index (χ1v) is 13.6. The smallest absolute Gasteiger partial charge is 0.255 e. The Bertz CT molecular complexity index is 1580. The number of unbranched alkanes of at least 4 members (excludes halogenated alkanes) is 1. The second-order valence-corrected chi connectivity index (χ2v) is 10.1. The number of benzene rings is 2. The van der Waals surface area contributed by atoms with E-state index in [0.29, 0.717) is 29.6 Å². The SMILES string of the molecule is Cc1ccc(NC(=O)c2cc(Br)cc(OCCCCn3ccnc3)c2)cc1Nc1nccc(-c2cccnc2)n1. The number of carbonyl (C=O) groups excluding carboxylic acids is 1. The number of halogens is 1. The number of aromatic nitrogens is 5. The molecule has 2 N–H and O–H groups in total. The van der Waals surface area contributed by atoms with Crippen molar-refractivity contribution in [2.45, 2.75) is 26.3 Å². The normalized spacial score (nSPS) is 10.8. The standard InChI is InChI=1S/C30H28BrN7O2/c1-21-6-7-25(18-28(21)37-30-34-10-8-27(36-30)22-5-4-9-32-19-22)35-29(39)23-15-24(31)17-26(16-23)40-14-3-2-12-38-13-11-33-20-38/h4-11,13,15-20H,2-3,12,14H2,1H3,(H,35,39)(H,34,36,37). The Morgan fingerprint density at radius 2 is 1.95 bits per heavy atom. The van der Waals surface area contributed by atoms with Gasteiger partial charge in [-0.3, -0.25) is 9.78 Å². The van der Waals surface area contributed by atoms with Gasteiger partial charge in [-0.2, -0.15) is 0 Å². The van der Waals surface area contributed by atoms with Crippen LogP contribution in [0.2, 0.25) is 0 Å². The average molecular weight is 599 g/mol. The maximum Gasteiger partial charge on any atom is 0.255 e. The highest BCUT2D eigenvalue weighted by molar-refractivity contribution is 9.10. The maximum absolute atomic E-state index is 13.1. The number of nitrogens with one attached hydrogen (secondary N) is 2. The van der Waals surface area contributed by atoms with Crippen LogP contribution in [0.1, 0.15) is 28.8 Å². The van der Waals surface area contributed by atoms with E-state index in [4.69, 9.17) is 4.74 Å².